The van der Waals surface area contributed by atoms with E-state index in [1.807, 2.05) is 36.4 Å². The molecule has 0 unspecified atom stereocenters. The molecule has 4 aromatic heterocycles. The maximum Gasteiger partial charge on any atom is 0.211 e. The van der Waals surface area contributed by atoms with E-state index in [4.69, 9.17) is 4.98 Å². The fourth-order valence-electron chi connectivity index (χ4n) is 2.45. The molecular formula is C18H16N6S. The minimum Gasteiger partial charge on any atom is -0.315 e. The molecule has 0 radical (unpaired) electrons. The maximum atomic E-state index is 4.73. The summed E-state index contributed by atoms with van der Waals surface area (Å²) >= 11 is 1.54. The highest BCUT2D eigenvalue weighted by Gasteiger charge is 2.11. The molecule has 0 saturated carbocycles. The van der Waals surface area contributed by atoms with Crippen molar-refractivity contribution in [2.75, 3.05) is 5.32 Å². The molecule has 0 aromatic carbocycles. The Morgan fingerprint density at radius 1 is 0.960 bits per heavy atom. The highest BCUT2D eigenvalue weighted by atomic mass is 32.1. The summed E-state index contributed by atoms with van der Waals surface area (Å²) in [6, 6.07) is 11.6. The van der Waals surface area contributed by atoms with Crippen molar-refractivity contribution in [2.45, 2.75) is 19.8 Å². The Hall–Kier alpha value is -2.93. The van der Waals surface area contributed by atoms with Crippen LogP contribution in [0.25, 0.3) is 22.3 Å². The van der Waals surface area contributed by atoms with Crippen LogP contribution in [-0.4, -0.2) is 25.1 Å². The van der Waals surface area contributed by atoms with Crippen molar-refractivity contribution >= 4 is 33.3 Å². The van der Waals surface area contributed by atoms with Gasteiger partial charge in [0.25, 0.3) is 0 Å². The molecular weight excluding hydrogens is 332 g/mol. The molecule has 0 bridgehead atoms. The minimum absolute atomic E-state index is 0.359. The van der Waals surface area contributed by atoms with Gasteiger partial charge in [0.2, 0.25) is 5.13 Å². The summed E-state index contributed by atoms with van der Waals surface area (Å²) in [5.41, 5.74) is 3.46. The van der Waals surface area contributed by atoms with Gasteiger partial charge < -0.3 is 5.32 Å². The summed E-state index contributed by atoms with van der Waals surface area (Å²) in [7, 11) is 0. The Morgan fingerprint density at radius 2 is 1.88 bits per heavy atom. The first-order valence-corrected chi connectivity index (χ1v) is 8.80. The first-order chi connectivity index (χ1) is 12.2. The van der Waals surface area contributed by atoms with E-state index in [-0.39, 0.29) is 0 Å². The number of nitrogens with one attached hydrogen (secondary N) is 1. The lowest BCUT2D eigenvalue weighted by molar-refractivity contribution is 0.825. The molecule has 7 heteroatoms. The van der Waals surface area contributed by atoms with Crippen molar-refractivity contribution in [3.8, 4) is 11.3 Å². The van der Waals surface area contributed by atoms with E-state index in [9.17, 15) is 0 Å². The quantitative estimate of drug-likeness (QED) is 0.589. The zero-order valence-corrected chi connectivity index (χ0v) is 14.7. The number of nitrogens with zero attached hydrogens (tertiary/aromatic N) is 5. The molecule has 0 amide bonds. The summed E-state index contributed by atoms with van der Waals surface area (Å²) in [6.07, 6.45) is 3.55. The Bertz CT molecular complexity index is 1010. The number of hydrogen-bond acceptors (Lipinski definition) is 7. The number of fused-ring (bicyclic) bond motifs is 1. The molecule has 1 N–H and O–H groups in total. The first kappa shape index (κ1) is 15.6. The van der Waals surface area contributed by atoms with Crippen molar-refractivity contribution < 1.29 is 0 Å². The van der Waals surface area contributed by atoms with Crippen LogP contribution in [0.3, 0.4) is 0 Å². The molecule has 124 valence electrons. The number of hydrogen-bond donors (Lipinski definition) is 1. The van der Waals surface area contributed by atoms with Crippen LogP contribution in [0.1, 0.15) is 24.8 Å². The molecule has 0 saturated heterocycles. The van der Waals surface area contributed by atoms with Gasteiger partial charge in [-0.1, -0.05) is 31.3 Å². The van der Waals surface area contributed by atoms with Crippen LogP contribution in [0.2, 0.25) is 0 Å². The minimum atomic E-state index is 0.359. The Kier molecular flexibility index (Phi) is 4.07. The van der Waals surface area contributed by atoms with Crippen LogP contribution < -0.4 is 5.32 Å². The third kappa shape index (κ3) is 3.18. The van der Waals surface area contributed by atoms with Crippen LogP contribution in [0.15, 0.2) is 48.8 Å². The van der Waals surface area contributed by atoms with E-state index in [1.54, 1.807) is 23.7 Å². The van der Waals surface area contributed by atoms with Gasteiger partial charge in [0, 0.05) is 23.9 Å². The third-order valence-electron chi connectivity index (χ3n) is 3.69. The number of anilines is 2. The van der Waals surface area contributed by atoms with Gasteiger partial charge in [0.05, 0.1) is 11.2 Å². The monoisotopic (exact) mass is 348 g/mol. The average molecular weight is 348 g/mol. The van der Waals surface area contributed by atoms with Gasteiger partial charge in [0.15, 0.2) is 0 Å². The molecule has 6 nitrogen and oxygen atoms in total. The second-order valence-corrected chi connectivity index (χ2v) is 6.87. The zero-order chi connectivity index (χ0) is 17.2. The van der Waals surface area contributed by atoms with Gasteiger partial charge in [-0.2, -0.15) is 0 Å². The predicted molar refractivity (Wildman–Crippen MR) is 100 cm³/mol. The van der Waals surface area contributed by atoms with Gasteiger partial charge in [-0.3, -0.25) is 9.97 Å². The van der Waals surface area contributed by atoms with Crippen molar-refractivity contribution in [1.82, 2.24) is 25.1 Å². The van der Waals surface area contributed by atoms with E-state index >= 15 is 0 Å². The number of rotatable bonds is 4. The summed E-state index contributed by atoms with van der Waals surface area (Å²) in [6.45, 7) is 4.20. The Labute approximate surface area is 149 Å². The SMILES string of the molecule is CC(C)c1nnc(Nc2ccc3nccc(-c4ccccn4)c3n2)s1. The highest BCUT2D eigenvalue weighted by molar-refractivity contribution is 7.15. The molecule has 0 aliphatic rings. The van der Waals surface area contributed by atoms with Crippen molar-refractivity contribution in [1.29, 1.82) is 0 Å². The van der Waals surface area contributed by atoms with Gasteiger partial charge in [-0.15, -0.1) is 10.2 Å². The lowest BCUT2D eigenvalue weighted by Crippen LogP contribution is -1.96. The largest absolute Gasteiger partial charge is 0.315 e. The molecule has 0 aliphatic carbocycles. The summed E-state index contributed by atoms with van der Waals surface area (Å²) in [5, 5.41) is 13.3. The lowest BCUT2D eigenvalue weighted by atomic mass is 10.1. The molecule has 0 fully saturated rings. The average Bonchev–Trinajstić information content (AvgIpc) is 3.11. The zero-order valence-electron chi connectivity index (χ0n) is 13.8. The molecule has 0 aliphatic heterocycles. The normalized spacial score (nSPS) is 11.2. The van der Waals surface area contributed by atoms with Crippen LogP contribution >= 0.6 is 11.3 Å². The van der Waals surface area contributed by atoms with Gasteiger partial charge >= 0.3 is 0 Å². The number of aromatic nitrogens is 5. The second-order valence-electron chi connectivity index (χ2n) is 5.86. The van der Waals surface area contributed by atoms with Crippen LogP contribution in [0.4, 0.5) is 10.9 Å². The van der Waals surface area contributed by atoms with Crippen LogP contribution in [-0.2, 0) is 0 Å². The van der Waals surface area contributed by atoms with E-state index in [0.717, 1.165) is 32.4 Å². The Morgan fingerprint density at radius 3 is 2.64 bits per heavy atom. The molecule has 0 spiro atoms. The number of pyridine rings is 3. The second kappa shape index (κ2) is 6.52. The molecule has 4 aromatic rings. The van der Waals surface area contributed by atoms with E-state index in [1.165, 1.54) is 0 Å². The lowest BCUT2D eigenvalue weighted by Gasteiger charge is -2.07. The van der Waals surface area contributed by atoms with Crippen molar-refractivity contribution in [3.63, 3.8) is 0 Å². The molecule has 4 heterocycles. The van der Waals surface area contributed by atoms with Crippen LogP contribution in [0.5, 0.6) is 0 Å². The topological polar surface area (TPSA) is 76.5 Å². The standard InChI is InChI=1S/C18H16N6S/c1-11(2)17-23-24-18(25-17)22-15-7-6-14-16(21-15)12(8-10-20-14)13-5-3-4-9-19-13/h3-11H,1-2H3,(H,21,22,24). The summed E-state index contributed by atoms with van der Waals surface area (Å²) < 4.78 is 0. The van der Waals surface area contributed by atoms with Crippen molar-refractivity contribution in [3.05, 3.63) is 53.8 Å². The molecule has 25 heavy (non-hydrogen) atoms. The van der Waals surface area contributed by atoms with Gasteiger partial charge in [0.1, 0.15) is 16.3 Å². The molecule has 4 rings (SSSR count). The van der Waals surface area contributed by atoms with Crippen molar-refractivity contribution in [2.24, 2.45) is 0 Å². The summed E-state index contributed by atoms with van der Waals surface area (Å²) in [5.74, 6) is 1.07. The highest BCUT2D eigenvalue weighted by Crippen LogP contribution is 2.28. The van der Waals surface area contributed by atoms with E-state index in [2.05, 4.69) is 39.3 Å². The van der Waals surface area contributed by atoms with E-state index < -0.39 is 0 Å². The smallest absolute Gasteiger partial charge is 0.211 e. The Balaban J connectivity index is 1.73. The summed E-state index contributed by atoms with van der Waals surface area (Å²) in [4.78, 5) is 13.6. The molecule has 0 atom stereocenters. The van der Waals surface area contributed by atoms with Crippen LogP contribution in [0, 0.1) is 0 Å². The van der Waals surface area contributed by atoms with E-state index in [0.29, 0.717) is 11.7 Å². The van der Waals surface area contributed by atoms with Gasteiger partial charge in [-0.25, -0.2) is 4.98 Å². The maximum absolute atomic E-state index is 4.73. The first-order valence-electron chi connectivity index (χ1n) is 7.98. The predicted octanol–water partition coefficient (Wildman–Crippen LogP) is 4.41. The van der Waals surface area contributed by atoms with Gasteiger partial charge in [-0.05, 0) is 30.3 Å². The third-order valence-corrected chi connectivity index (χ3v) is 4.83. The fourth-order valence-corrected chi connectivity index (χ4v) is 3.20. The fraction of sp³-hybridized carbons (Fsp3) is 0.167.